The summed E-state index contributed by atoms with van der Waals surface area (Å²) in [7, 11) is 0. The van der Waals surface area contributed by atoms with Crippen LogP contribution in [0.1, 0.15) is 54.8 Å². The summed E-state index contributed by atoms with van der Waals surface area (Å²) in [6.45, 7) is 8.05. The predicted molar refractivity (Wildman–Crippen MR) is 82.6 cm³/mol. The summed E-state index contributed by atoms with van der Waals surface area (Å²) in [6.07, 6.45) is 4.55. The number of carbonyl (C=O) groups excluding carboxylic acids is 2. The van der Waals surface area contributed by atoms with Crippen LogP contribution in [-0.4, -0.2) is 31.2 Å². The number of amides is 1. The van der Waals surface area contributed by atoms with Gasteiger partial charge in [-0.15, -0.1) is 0 Å². The van der Waals surface area contributed by atoms with Gasteiger partial charge in [0, 0.05) is 1.43 Å². The first-order chi connectivity index (χ1) is 10.2. The van der Waals surface area contributed by atoms with Crippen LogP contribution in [0.5, 0.6) is 0 Å². The number of nitrogens with one attached hydrogen (secondary N) is 1. The van der Waals surface area contributed by atoms with Crippen LogP contribution in [0.2, 0.25) is 0 Å². The molecule has 1 amide bonds. The molecule has 0 spiro atoms. The van der Waals surface area contributed by atoms with E-state index < -0.39 is 5.97 Å². The fraction of sp³-hybridized carbons (Fsp3) is 0.750. The van der Waals surface area contributed by atoms with Crippen molar-refractivity contribution in [3.8, 4) is 0 Å². The number of hydrogen-bond acceptors (Lipinski definition) is 4. The van der Waals surface area contributed by atoms with Crippen molar-refractivity contribution in [2.75, 3.05) is 6.61 Å². The van der Waals surface area contributed by atoms with Crippen molar-refractivity contribution >= 4 is 12.4 Å². The molecule has 21 heavy (non-hydrogen) atoms. The van der Waals surface area contributed by atoms with Crippen LogP contribution in [0.15, 0.2) is 11.3 Å². The Kier molecular flexibility index (Phi) is 7.43. The first kappa shape index (κ1) is 17.7. The first-order valence-electron chi connectivity index (χ1n) is 7.90. The van der Waals surface area contributed by atoms with E-state index in [0.717, 1.165) is 5.57 Å². The average molecular weight is 299 g/mol. The summed E-state index contributed by atoms with van der Waals surface area (Å²) in [6, 6.07) is 0. The van der Waals surface area contributed by atoms with E-state index in [2.05, 4.69) is 5.32 Å². The van der Waals surface area contributed by atoms with Crippen LogP contribution < -0.4 is 5.32 Å². The van der Waals surface area contributed by atoms with Gasteiger partial charge >= 0.3 is 5.97 Å². The Morgan fingerprint density at radius 2 is 2.10 bits per heavy atom. The molecule has 2 fully saturated rings. The zero-order chi connectivity index (χ0) is 15.8. The molecule has 0 aromatic rings. The number of esters is 1. The normalized spacial score (nSPS) is 27.0. The van der Waals surface area contributed by atoms with Gasteiger partial charge in [-0.05, 0) is 51.0 Å². The van der Waals surface area contributed by atoms with Gasteiger partial charge in [-0.2, -0.15) is 0 Å². The van der Waals surface area contributed by atoms with Gasteiger partial charge in [0.25, 0.3) is 0 Å². The molecular formula is C16H29NO4. The van der Waals surface area contributed by atoms with E-state index in [-0.39, 0.29) is 13.6 Å². The van der Waals surface area contributed by atoms with Gasteiger partial charge in [0.1, 0.15) is 5.70 Å². The van der Waals surface area contributed by atoms with Gasteiger partial charge in [0.05, 0.1) is 18.8 Å². The lowest BCUT2D eigenvalue weighted by molar-refractivity contribution is -0.139. The van der Waals surface area contributed by atoms with Crippen molar-refractivity contribution in [3.63, 3.8) is 0 Å². The molecule has 1 saturated heterocycles. The Labute approximate surface area is 128 Å². The predicted octanol–water partition coefficient (Wildman–Crippen LogP) is 2.80. The van der Waals surface area contributed by atoms with Gasteiger partial charge in [-0.25, -0.2) is 4.79 Å². The molecular weight excluding hydrogens is 270 g/mol. The summed E-state index contributed by atoms with van der Waals surface area (Å²) in [4.78, 5) is 22.6. The number of carbonyl (C=O) groups is 2. The highest BCUT2D eigenvalue weighted by molar-refractivity contribution is 5.91. The number of hydrogen-bond donors (Lipinski definition) is 1. The van der Waals surface area contributed by atoms with Gasteiger partial charge in [0.15, 0.2) is 0 Å². The minimum absolute atomic E-state index is 0. The van der Waals surface area contributed by atoms with Crippen LogP contribution in [0, 0.1) is 5.92 Å². The largest absolute Gasteiger partial charge is 0.461 e. The van der Waals surface area contributed by atoms with E-state index in [1.54, 1.807) is 6.92 Å². The van der Waals surface area contributed by atoms with E-state index in [9.17, 15) is 9.59 Å². The molecule has 5 heteroatoms. The summed E-state index contributed by atoms with van der Waals surface area (Å²) in [5.41, 5.74) is 1.25. The molecule has 1 aliphatic heterocycles. The quantitative estimate of drug-likeness (QED) is 0.481. The molecule has 2 atom stereocenters. The molecule has 0 radical (unpaired) electrons. The Bertz CT molecular complexity index is 394. The summed E-state index contributed by atoms with van der Waals surface area (Å²) in [5, 5.41) is 2.51. The summed E-state index contributed by atoms with van der Waals surface area (Å²) < 4.78 is 10.9. The van der Waals surface area contributed by atoms with Crippen molar-refractivity contribution in [3.05, 3.63) is 11.3 Å². The van der Waals surface area contributed by atoms with Crippen molar-refractivity contribution in [2.24, 2.45) is 5.92 Å². The molecule has 1 N–H and O–H groups in total. The topological polar surface area (TPSA) is 64.6 Å². The maximum Gasteiger partial charge on any atom is 0.354 e. The molecule has 0 aromatic heterocycles. The number of rotatable bonds is 5. The minimum Gasteiger partial charge on any atom is -0.461 e. The van der Waals surface area contributed by atoms with Crippen LogP contribution >= 0.6 is 0 Å². The van der Waals surface area contributed by atoms with Crippen LogP contribution in [-0.2, 0) is 19.1 Å². The molecule has 0 aromatic carbocycles. The Hall–Kier alpha value is -1.36. The molecule has 2 rings (SSSR count). The highest BCUT2D eigenvalue weighted by Crippen LogP contribution is 2.41. The average Bonchev–Trinajstić information content (AvgIpc) is 3.31. The highest BCUT2D eigenvalue weighted by atomic mass is 16.5. The lowest BCUT2D eigenvalue weighted by Crippen LogP contribution is -2.32. The van der Waals surface area contributed by atoms with Gasteiger partial charge in [0.2, 0.25) is 6.41 Å². The fourth-order valence-corrected chi connectivity index (χ4v) is 2.59. The zero-order valence-corrected chi connectivity index (χ0v) is 13.5. The van der Waals surface area contributed by atoms with E-state index in [1.165, 1.54) is 12.8 Å². The summed E-state index contributed by atoms with van der Waals surface area (Å²) in [5.74, 6) is 0.158. The lowest BCUT2D eigenvalue weighted by Gasteiger charge is -2.31. The van der Waals surface area contributed by atoms with Gasteiger partial charge < -0.3 is 14.8 Å². The molecule has 0 unspecified atom stereocenters. The summed E-state index contributed by atoms with van der Waals surface area (Å²) >= 11 is 0. The van der Waals surface area contributed by atoms with Gasteiger partial charge in [-0.1, -0.05) is 13.8 Å². The molecule has 2 aliphatic rings. The molecule has 5 nitrogen and oxygen atoms in total. The van der Waals surface area contributed by atoms with Crippen molar-refractivity contribution in [1.82, 2.24) is 5.32 Å². The molecule has 1 aliphatic carbocycles. The van der Waals surface area contributed by atoms with Crippen LogP contribution in [0.25, 0.3) is 0 Å². The zero-order valence-electron chi connectivity index (χ0n) is 13.5. The highest BCUT2D eigenvalue weighted by Gasteiger charge is 2.37. The molecule has 0 bridgehead atoms. The maximum absolute atomic E-state index is 11.9. The molecule has 122 valence electrons. The standard InChI is InChI=1S/C14H21NO4.C2H6.H2/c1-3-18-14(17)13(15-8-16)11-6-9(2)19-12(7-11)10-4-5-10;1-2;/h8-10,12H,3-7H2,1-2H3,(H,15,16);1-2H3;1H/b13-11+;;/t9-,12+;;/m1../s1. The third-order valence-electron chi connectivity index (χ3n) is 3.57. The maximum atomic E-state index is 11.9. The van der Waals surface area contributed by atoms with E-state index in [0.29, 0.717) is 37.5 Å². The second-order valence-corrected chi connectivity index (χ2v) is 5.19. The lowest BCUT2D eigenvalue weighted by atomic mass is 9.94. The molecule has 1 saturated carbocycles. The SMILES string of the molecule is CC.CCOC(=O)/C(NC=O)=C1/C[C@@H](C)O[C@H](C2CC2)C1.[HH]. The van der Waals surface area contributed by atoms with Crippen LogP contribution in [0.4, 0.5) is 0 Å². The Morgan fingerprint density at radius 3 is 2.62 bits per heavy atom. The monoisotopic (exact) mass is 299 g/mol. The van der Waals surface area contributed by atoms with Gasteiger partial charge in [-0.3, -0.25) is 4.79 Å². The first-order valence-corrected chi connectivity index (χ1v) is 7.90. The smallest absolute Gasteiger partial charge is 0.354 e. The Morgan fingerprint density at radius 1 is 1.43 bits per heavy atom. The second kappa shape index (κ2) is 8.82. The fourth-order valence-electron chi connectivity index (χ4n) is 2.59. The minimum atomic E-state index is -0.451. The molecule has 1 heterocycles. The van der Waals surface area contributed by atoms with Crippen molar-refractivity contribution in [1.29, 1.82) is 0 Å². The van der Waals surface area contributed by atoms with E-state index in [1.807, 2.05) is 20.8 Å². The van der Waals surface area contributed by atoms with E-state index in [4.69, 9.17) is 9.47 Å². The third kappa shape index (κ3) is 5.16. The third-order valence-corrected chi connectivity index (χ3v) is 3.57. The Balaban J connectivity index is 0.00000141. The second-order valence-electron chi connectivity index (χ2n) is 5.19. The van der Waals surface area contributed by atoms with E-state index >= 15 is 0 Å². The van der Waals surface area contributed by atoms with Crippen LogP contribution in [0.3, 0.4) is 0 Å². The van der Waals surface area contributed by atoms with Crippen molar-refractivity contribution < 1.29 is 20.5 Å². The number of ether oxygens (including phenoxy) is 2. The van der Waals surface area contributed by atoms with Crippen molar-refractivity contribution in [2.45, 2.75) is 65.6 Å².